The van der Waals surface area contributed by atoms with Gasteiger partial charge in [0.25, 0.3) is 0 Å². The number of aryl methyl sites for hydroxylation is 1. The number of carbonyl (C=O) groups excluding carboxylic acids is 1. The number of nitrogens with zero attached hydrogens (tertiary/aromatic N) is 1. The summed E-state index contributed by atoms with van der Waals surface area (Å²) in [4.78, 5) is 14.6. The van der Waals surface area contributed by atoms with E-state index in [2.05, 4.69) is 29.5 Å². The largest absolute Gasteiger partial charge is 0.417 e. The molecule has 1 amide bonds. The lowest BCUT2D eigenvalue weighted by Crippen LogP contribution is -2.39. The Labute approximate surface area is 148 Å². The van der Waals surface area contributed by atoms with Crippen LogP contribution < -0.4 is 15.4 Å². The summed E-state index contributed by atoms with van der Waals surface area (Å²) in [7, 11) is 2.14. The second-order valence-corrected chi connectivity index (χ2v) is 7.23. The fraction of sp³-hybridized carbons (Fsp3) is 0.350. The van der Waals surface area contributed by atoms with Crippen LogP contribution in [0.1, 0.15) is 24.5 Å². The lowest BCUT2D eigenvalue weighted by molar-refractivity contribution is 0.215. The highest BCUT2D eigenvalue weighted by Gasteiger charge is 2.49. The average molecular weight is 337 g/mol. The van der Waals surface area contributed by atoms with E-state index in [4.69, 9.17) is 4.74 Å². The maximum atomic E-state index is 12.2. The summed E-state index contributed by atoms with van der Waals surface area (Å²) in [6, 6.07) is 13.5. The zero-order valence-corrected chi connectivity index (χ0v) is 14.8. The molecule has 1 unspecified atom stereocenters. The third-order valence-corrected chi connectivity index (χ3v) is 5.52. The minimum absolute atomic E-state index is 0.0515. The first-order valence-corrected chi connectivity index (χ1v) is 8.63. The summed E-state index contributed by atoms with van der Waals surface area (Å²) in [5.74, 6) is 0.572. The van der Waals surface area contributed by atoms with Crippen molar-refractivity contribution in [1.82, 2.24) is 4.90 Å². The number of ether oxygens (including phenoxy) is 1. The van der Waals surface area contributed by atoms with E-state index in [1.807, 2.05) is 49.4 Å². The molecule has 2 aromatic rings. The van der Waals surface area contributed by atoms with E-state index in [0.717, 1.165) is 29.9 Å². The number of likely N-dealkylation sites (tertiary alicyclic amines) is 1. The van der Waals surface area contributed by atoms with Crippen LogP contribution in [-0.4, -0.2) is 30.8 Å². The molecule has 2 aliphatic heterocycles. The topological polar surface area (TPSA) is 53.6 Å². The normalized spacial score (nSPS) is 24.4. The molecule has 4 rings (SSSR count). The number of fused-ring (bicyclic) bond motifs is 3. The van der Waals surface area contributed by atoms with Gasteiger partial charge in [-0.25, -0.2) is 4.79 Å². The Hall–Kier alpha value is -2.53. The predicted octanol–water partition coefficient (Wildman–Crippen LogP) is 3.95. The molecule has 2 aromatic carbocycles. The summed E-state index contributed by atoms with van der Waals surface area (Å²) < 4.78 is 5.53. The Bertz CT molecular complexity index is 835. The predicted molar refractivity (Wildman–Crippen MR) is 99.3 cm³/mol. The Kier molecular flexibility index (Phi) is 3.69. The summed E-state index contributed by atoms with van der Waals surface area (Å²) in [6.45, 7) is 5.29. The van der Waals surface area contributed by atoms with Gasteiger partial charge in [0.1, 0.15) is 5.75 Å². The van der Waals surface area contributed by atoms with Crippen LogP contribution in [0, 0.1) is 6.92 Å². The molecule has 130 valence electrons. The summed E-state index contributed by atoms with van der Waals surface area (Å²) >= 11 is 0. The molecule has 2 N–H and O–H groups in total. The number of nitrogens with one attached hydrogen (secondary N) is 2. The quantitative estimate of drug-likeness (QED) is 0.871. The van der Waals surface area contributed by atoms with Crippen LogP contribution >= 0.6 is 0 Å². The molecule has 5 heteroatoms. The summed E-state index contributed by atoms with van der Waals surface area (Å²) in [5.41, 5.74) is 4.17. The minimum Gasteiger partial charge on any atom is -0.410 e. The fourth-order valence-electron chi connectivity index (χ4n) is 4.00. The van der Waals surface area contributed by atoms with Gasteiger partial charge in [0.15, 0.2) is 0 Å². The van der Waals surface area contributed by atoms with Crippen molar-refractivity contribution in [3.05, 3.63) is 53.6 Å². The molecule has 0 bridgehead atoms. The molecule has 0 aliphatic carbocycles. The van der Waals surface area contributed by atoms with E-state index in [-0.39, 0.29) is 5.41 Å². The Morgan fingerprint density at radius 1 is 1.32 bits per heavy atom. The number of hydrogen-bond donors (Lipinski definition) is 2. The zero-order chi connectivity index (χ0) is 17.6. The van der Waals surface area contributed by atoms with Crippen molar-refractivity contribution >= 4 is 17.5 Å². The van der Waals surface area contributed by atoms with Gasteiger partial charge < -0.3 is 10.1 Å². The Morgan fingerprint density at radius 3 is 2.92 bits per heavy atom. The number of carbonyl (C=O) groups is 1. The number of amides is 1. The van der Waals surface area contributed by atoms with E-state index < -0.39 is 6.09 Å². The van der Waals surface area contributed by atoms with Crippen molar-refractivity contribution in [1.29, 1.82) is 0 Å². The number of likely N-dealkylation sites (N-methyl/N-ethyl adjacent to an activating group) is 1. The van der Waals surface area contributed by atoms with Crippen LogP contribution in [0.15, 0.2) is 42.5 Å². The van der Waals surface area contributed by atoms with Crippen LogP contribution in [0.3, 0.4) is 0 Å². The second-order valence-electron chi connectivity index (χ2n) is 7.23. The smallest absolute Gasteiger partial charge is 0.410 e. The summed E-state index contributed by atoms with van der Waals surface area (Å²) in [6.07, 6.45) is 0.927. The van der Waals surface area contributed by atoms with E-state index >= 15 is 0 Å². The molecule has 0 saturated carbocycles. The van der Waals surface area contributed by atoms with Gasteiger partial charge >= 0.3 is 6.09 Å². The minimum atomic E-state index is -0.467. The fourth-order valence-corrected chi connectivity index (χ4v) is 4.00. The molecule has 2 atom stereocenters. The molecule has 2 heterocycles. The van der Waals surface area contributed by atoms with Crippen molar-refractivity contribution < 1.29 is 9.53 Å². The third-order valence-electron chi connectivity index (χ3n) is 5.52. The molecule has 1 fully saturated rings. The van der Waals surface area contributed by atoms with Crippen molar-refractivity contribution in [2.45, 2.75) is 31.8 Å². The van der Waals surface area contributed by atoms with Crippen molar-refractivity contribution in [2.75, 3.05) is 24.2 Å². The lowest BCUT2D eigenvalue weighted by atomic mass is 9.81. The molecule has 0 spiro atoms. The van der Waals surface area contributed by atoms with Crippen molar-refractivity contribution in [2.24, 2.45) is 0 Å². The van der Waals surface area contributed by atoms with E-state index in [0.29, 0.717) is 11.9 Å². The van der Waals surface area contributed by atoms with Gasteiger partial charge in [-0.2, -0.15) is 0 Å². The van der Waals surface area contributed by atoms with Crippen molar-refractivity contribution in [3.8, 4) is 5.75 Å². The van der Waals surface area contributed by atoms with Gasteiger partial charge in [-0.05, 0) is 55.8 Å². The number of para-hydroxylation sites is 1. The van der Waals surface area contributed by atoms with Crippen LogP contribution in [0.5, 0.6) is 5.75 Å². The van der Waals surface area contributed by atoms with Gasteiger partial charge in [-0.1, -0.05) is 25.1 Å². The first-order chi connectivity index (χ1) is 12.0. The van der Waals surface area contributed by atoms with Gasteiger partial charge in [-0.3, -0.25) is 10.2 Å². The van der Waals surface area contributed by atoms with Crippen LogP contribution in [0.4, 0.5) is 16.2 Å². The molecule has 5 nitrogen and oxygen atoms in total. The summed E-state index contributed by atoms with van der Waals surface area (Å²) in [5, 5.41) is 6.39. The molecular weight excluding hydrogens is 314 g/mol. The Balaban J connectivity index is 1.53. The monoisotopic (exact) mass is 337 g/mol. The standard InChI is InChI=1S/C20H23N3O2/c1-13-6-4-5-7-16(13)22-19(24)25-14-8-9-17-15(12-14)20(2)10-11-23(3)18(20)21-17/h4-9,12,18,21H,10-11H2,1-3H3,(H,22,24)/t18?,20-/m0/s1. The third kappa shape index (κ3) is 2.65. The number of anilines is 2. The molecule has 2 aliphatic rings. The van der Waals surface area contributed by atoms with Crippen LogP contribution in [0.25, 0.3) is 0 Å². The number of hydrogen-bond acceptors (Lipinski definition) is 4. The maximum Gasteiger partial charge on any atom is 0.417 e. The molecule has 0 aromatic heterocycles. The van der Waals surface area contributed by atoms with Crippen LogP contribution in [-0.2, 0) is 5.41 Å². The van der Waals surface area contributed by atoms with Crippen LogP contribution in [0.2, 0.25) is 0 Å². The second kappa shape index (κ2) is 5.77. The van der Waals surface area contributed by atoms with Crippen molar-refractivity contribution in [3.63, 3.8) is 0 Å². The maximum absolute atomic E-state index is 12.2. The van der Waals surface area contributed by atoms with Gasteiger partial charge in [0.05, 0.1) is 6.17 Å². The molecule has 0 radical (unpaired) electrons. The van der Waals surface area contributed by atoms with Gasteiger partial charge in [0, 0.05) is 23.3 Å². The van der Waals surface area contributed by atoms with E-state index in [1.165, 1.54) is 5.56 Å². The molecule has 25 heavy (non-hydrogen) atoms. The zero-order valence-electron chi connectivity index (χ0n) is 14.8. The first kappa shape index (κ1) is 16.0. The molecule has 1 saturated heterocycles. The Morgan fingerprint density at radius 2 is 2.12 bits per heavy atom. The van der Waals surface area contributed by atoms with Gasteiger partial charge in [0.2, 0.25) is 0 Å². The highest BCUT2D eigenvalue weighted by atomic mass is 16.6. The van der Waals surface area contributed by atoms with Gasteiger partial charge in [-0.15, -0.1) is 0 Å². The highest BCUT2D eigenvalue weighted by Crippen LogP contribution is 2.48. The molecular formula is C20H23N3O2. The van der Waals surface area contributed by atoms with E-state index in [1.54, 1.807) is 0 Å². The van der Waals surface area contributed by atoms with E-state index in [9.17, 15) is 4.79 Å². The SMILES string of the molecule is Cc1ccccc1NC(=O)Oc1ccc2c(c1)[C@]1(C)CCN(C)C1N2. The number of rotatable bonds is 2. The average Bonchev–Trinajstić information content (AvgIpc) is 3.03. The lowest BCUT2D eigenvalue weighted by Gasteiger charge is -2.27. The number of benzene rings is 2. The highest BCUT2D eigenvalue weighted by molar-refractivity contribution is 5.87. The first-order valence-electron chi connectivity index (χ1n) is 8.63.